The van der Waals surface area contributed by atoms with E-state index in [-0.39, 0.29) is 22.7 Å². The molecule has 1 fully saturated rings. The van der Waals surface area contributed by atoms with Crippen molar-refractivity contribution in [2.75, 3.05) is 39.6 Å². The van der Waals surface area contributed by atoms with Crippen LogP contribution < -0.4 is 5.32 Å². The fraction of sp³-hybridized carbons (Fsp3) is 0.556. The van der Waals surface area contributed by atoms with Gasteiger partial charge in [-0.05, 0) is 51.1 Å². The number of piperidine rings is 1. The second-order valence-corrected chi connectivity index (χ2v) is 8.97. The highest BCUT2D eigenvalue weighted by molar-refractivity contribution is 7.89. The van der Waals surface area contributed by atoms with Gasteiger partial charge in [0.05, 0.1) is 24.0 Å². The first-order valence-corrected chi connectivity index (χ1v) is 10.3. The highest BCUT2D eigenvalue weighted by Gasteiger charge is 2.30. The van der Waals surface area contributed by atoms with E-state index >= 15 is 0 Å². The van der Waals surface area contributed by atoms with E-state index in [1.807, 2.05) is 4.90 Å². The van der Waals surface area contributed by atoms with Crippen molar-refractivity contribution in [2.45, 2.75) is 30.7 Å². The van der Waals surface area contributed by atoms with Crippen molar-refractivity contribution in [1.29, 1.82) is 0 Å². The normalized spacial score (nSPS) is 17.5. The van der Waals surface area contributed by atoms with Crippen LogP contribution in [0.2, 0.25) is 0 Å². The third kappa shape index (κ3) is 5.06. The van der Waals surface area contributed by atoms with Crippen LogP contribution in [0.25, 0.3) is 0 Å². The molecule has 8 nitrogen and oxygen atoms in total. The number of esters is 1. The topological polar surface area (TPSA) is 96.0 Å². The Kier molecular flexibility index (Phi) is 6.96. The van der Waals surface area contributed by atoms with Crippen molar-refractivity contribution in [3.8, 4) is 0 Å². The second kappa shape index (κ2) is 8.81. The summed E-state index contributed by atoms with van der Waals surface area (Å²) in [4.78, 5) is 26.3. The van der Waals surface area contributed by atoms with Crippen LogP contribution in [-0.4, -0.2) is 69.8 Å². The number of ether oxygens (including phenoxy) is 1. The third-order valence-corrected chi connectivity index (χ3v) is 6.68. The molecule has 27 heavy (non-hydrogen) atoms. The summed E-state index contributed by atoms with van der Waals surface area (Å²) < 4.78 is 30.4. The molecule has 1 aliphatic heterocycles. The molecule has 0 aliphatic carbocycles. The number of hydrogen-bond donors (Lipinski definition) is 1. The summed E-state index contributed by atoms with van der Waals surface area (Å²) in [5.41, 5.74) is 0.430. The molecular formula is C18H27N3O5S. The minimum absolute atomic E-state index is 0.116. The number of methoxy groups -OCH3 is 1. The minimum Gasteiger partial charge on any atom is -0.469 e. The van der Waals surface area contributed by atoms with Gasteiger partial charge in [-0.15, -0.1) is 0 Å². The van der Waals surface area contributed by atoms with E-state index in [0.717, 1.165) is 4.31 Å². The van der Waals surface area contributed by atoms with Crippen LogP contribution in [0, 0.1) is 5.92 Å². The van der Waals surface area contributed by atoms with Gasteiger partial charge in [-0.3, -0.25) is 14.5 Å². The Morgan fingerprint density at radius 2 is 1.89 bits per heavy atom. The Hall–Kier alpha value is -1.97. The van der Waals surface area contributed by atoms with Crippen LogP contribution in [0.1, 0.15) is 19.8 Å². The van der Waals surface area contributed by atoms with Crippen molar-refractivity contribution >= 4 is 27.6 Å². The average molecular weight is 397 g/mol. The molecular weight excluding hydrogens is 370 g/mol. The van der Waals surface area contributed by atoms with E-state index in [1.165, 1.54) is 33.3 Å². The van der Waals surface area contributed by atoms with E-state index in [1.54, 1.807) is 19.1 Å². The molecule has 150 valence electrons. The molecule has 1 saturated heterocycles. The maximum atomic E-state index is 12.6. The number of sulfonamides is 1. The lowest BCUT2D eigenvalue weighted by Gasteiger charge is -2.34. The number of hydrogen-bond acceptors (Lipinski definition) is 6. The molecule has 1 aromatic carbocycles. The molecule has 0 aromatic heterocycles. The van der Waals surface area contributed by atoms with Crippen molar-refractivity contribution in [3.63, 3.8) is 0 Å². The summed E-state index contributed by atoms with van der Waals surface area (Å²) in [6.07, 6.45) is 1.31. The van der Waals surface area contributed by atoms with Gasteiger partial charge in [0.15, 0.2) is 0 Å². The van der Waals surface area contributed by atoms with Gasteiger partial charge in [0, 0.05) is 19.8 Å². The number of anilines is 1. The van der Waals surface area contributed by atoms with Crippen molar-refractivity contribution in [2.24, 2.45) is 5.92 Å². The van der Waals surface area contributed by atoms with Gasteiger partial charge in [-0.2, -0.15) is 0 Å². The van der Waals surface area contributed by atoms with E-state index in [4.69, 9.17) is 4.74 Å². The molecule has 0 saturated carbocycles. The fourth-order valence-electron chi connectivity index (χ4n) is 3.05. The van der Waals surface area contributed by atoms with Crippen LogP contribution in [0.3, 0.4) is 0 Å². The lowest BCUT2D eigenvalue weighted by atomic mass is 9.96. The molecule has 1 amide bonds. The summed E-state index contributed by atoms with van der Waals surface area (Å²) in [5.74, 6) is -0.536. The van der Waals surface area contributed by atoms with Gasteiger partial charge in [-0.25, -0.2) is 12.7 Å². The van der Waals surface area contributed by atoms with Crippen molar-refractivity contribution in [1.82, 2.24) is 9.21 Å². The van der Waals surface area contributed by atoms with Gasteiger partial charge in [0.2, 0.25) is 15.9 Å². The van der Waals surface area contributed by atoms with Crippen LogP contribution in [0.4, 0.5) is 5.69 Å². The zero-order valence-electron chi connectivity index (χ0n) is 16.1. The standard InChI is InChI=1S/C18H27N3O5S/c1-13(21-10-8-14(9-11-21)18(23)26-4)17(22)19-15-6-5-7-16(12-15)27(24,25)20(2)3/h5-7,12-14H,8-11H2,1-4H3,(H,19,22)/t13-/m0/s1. The Bertz CT molecular complexity index is 786. The molecule has 0 spiro atoms. The molecule has 9 heteroatoms. The first-order chi connectivity index (χ1) is 12.7. The molecule has 1 N–H and O–H groups in total. The van der Waals surface area contributed by atoms with Crippen LogP contribution >= 0.6 is 0 Å². The number of carbonyl (C=O) groups excluding carboxylic acids is 2. The Balaban J connectivity index is 2.00. The summed E-state index contributed by atoms with van der Waals surface area (Å²) >= 11 is 0. The van der Waals surface area contributed by atoms with Gasteiger partial charge in [-0.1, -0.05) is 6.07 Å². The third-order valence-electron chi connectivity index (χ3n) is 4.87. The SMILES string of the molecule is COC(=O)C1CCN([C@@H](C)C(=O)Nc2cccc(S(=O)(=O)N(C)C)c2)CC1. The molecule has 1 heterocycles. The number of amides is 1. The average Bonchev–Trinajstić information content (AvgIpc) is 2.66. The van der Waals surface area contributed by atoms with Gasteiger partial charge in [0.25, 0.3) is 0 Å². The molecule has 0 unspecified atom stereocenters. The molecule has 0 bridgehead atoms. The molecule has 2 rings (SSSR count). The van der Waals surface area contributed by atoms with Gasteiger partial charge >= 0.3 is 5.97 Å². The minimum atomic E-state index is -3.56. The molecule has 0 radical (unpaired) electrons. The van der Waals surface area contributed by atoms with Crippen molar-refractivity contribution in [3.05, 3.63) is 24.3 Å². The Morgan fingerprint density at radius 3 is 2.44 bits per heavy atom. The number of nitrogens with one attached hydrogen (secondary N) is 1. The molecule has 1 aromatic rings. The van der Waals surface area contributed by atoms with Gasteiger partial charge < -0.3 is 10.1 Å². The summed E-state index contributed by atoms with van der Waals surface area (Å²) in [7, 11) is 0.737. The predicted molar refractivity (Wildman–Crippen MR) is 102 cm³/mol. The number of carbonyl (C=O) groups is 2. The maximum Gasteiger partial charge on any atom is 0.308 e. The van der Waals surface area contributed by atoms with E-state index in [0.29, 0.717) is 31.6 Å². The first kappa shape index (κ1) is 21.3. The quantitative estimate of drug-likeness (QED) is 0.724. The van der Waals surface area contributed by atoms with Crippen LogP contribution in [-0.2, 0) is 24.3 Å². The smallest absolute Gasteiger partial charge is 0.308 e. The number of nitrogens with zero attached hydrogens (tertiary/aromatic N) is 2. The largest absolute Gasteiger partial charge is 0.469 e. The fourth-order valence-corrected chi connectivity index (χ4v) is 3.99. The van der Waals surface area contributed by atoms with Crippen LogP contribution in [0.5, 0.6) is 0 Å². The molecule has 1 aliphatic rings. The lowest BCUT2D eigenvalue weighted by Crippen LogP contribution is -2.47. The van der Waals surface area contributed by atoms with Gasteiger partial charge in [0.1, 0.15) is 0 Å². The van der Waals surface area contributed by atoms with E-state index in [9.17, 15) is 18.0 Å². The number of rotatable bonds is 6. The highest BCUT2D eigenvalue weighted by atomic mass is 32.2. The summed E-state index contributed by atoms with van der Waals surface area (Å²) in [6, 6.07) is 5.80. The van der Waals surface area contributed by atoms with Crippen molar-refractivity contribution < 1.29 is 22.7 Å². The predicted octanol–water partition coefficient (Wildman–Crippen LogP) is 1.15. The first-order valence-electron chi connectivity index (χ1n) is 8.82. The number of benzene rings is 1. The Labute approximate surface area is 160 Å². The Morgan fingerprint density at radius 1 is 1.26 bits per heavy atom. The maximum absolute atomic E-state index is 12.6. The lowest BCUT2D eigenvalue weighted by molar-refractivity contribution is -0.147. The monoisotopic (exact) mass is 397 g/mol. The zero-order valence-corrected chi connectivity index (χ0v) is 17.0. The zero-order chi connectivity index (χ0) is 20.2. The van der Waals surface area contributed by atoms with Crippen LogP contribution in [0.15, 0.2) is 29.2 Å². The van der Waals surface area contributed by atoms with E-state index in [2.05, 4.69) is 5.32 Å². The second-order valence-electron chi connectivity index (χ2n) is 6.81. The molecule has 1 atom stereocenters. The summed E-state index contributed by atoms with van der Waals surface area (Å²) in [6.45, 7) is 3.06. The number of likely N-dealkylation sites (tertiary alicyclic amines) is 1. The highest BCUT2D eigenvalue weighted by Crippen LogP contribution is 2.22. The summed E-state index contributed by atoms with van der Waals surface area (Å²) in [5, 5.41) is 2.78. The van der Waals surface area contributed by atoms with E-state index < -0.39 is 16.1 Å².